The van der Waals surface area contributed by atoms with Gasteiger partial charge >= 0.3 is 0 Å². The summed E-state index contributed by atoms with van der Waals surface area (Å²) in [4.78, 5) is 16.6. The molecule has 2 heterocycles. The molecule has 122 valence electrons. The van der Waals surface area contributed by atoms with Crippen molar-refractivity contribution in [2.24, 2.45) is 0 Å². The molecule has 4 rings (SSSR count). The first-order valence-corrected chi connectivity index (χ1v) is 7.84. The van der Waals surface area contributed by atoms with Crippen LogP contribution in [-0.2, 0) is 0 Å². The fraction of sp³-hybridized carbons (Fsp3) is 0. The number of fused-ring (bicyclic) bond motifs is 1. The van der Waals surface area contributed by atoms with Crippen molar-refractivity contribution >= 4 is 22.4 Å². The average Bonchev–Trinajstić information content (AvgIpc) is 2.63. The maximum Gasteiger partial charge on any atom is 0.195 e. The van der Waals surface area contributed by atoms with Crippen LogP contribution in [0.4, 0.5) is 11.5 Å². The van der Waals surface area contributed by atoms with E-state index in [9.17, 15) is 9.90 Å². The summed E-state index contributed by atoms with van der Waals surface area (Å²) in [5, 5.41) is 13.6. The third-order valence-electron chi connectivity index (χ3n) is 3.96. The molecule has 2 aromatic heterocycles. The third kappa shape index (κ3) is 2.72. The first-order valence-electron chi connectivity index (χ1n) is 7.84. The smallest absolute Gasteiger partial charge is 0.195 e. The van der Waals surface area contributed by atoms with Crippen molar-refractivity contribution in [1.82, 2.24) is 9.55 Å². The maximum atomic E-state index is 12.6. The van der Waals surface area contributed by atoms with Gasteiger partial charge in [0, 0.05) is 17.4 Å². The topological polar surface area (TPSA) is 67.2 Å². The lowest BCUT2D eigenvalue weighted by Crippen LogP contribution is -2.12. The molecule has 4 aromatic rings. The van der Waals surface area contributed by atoms with E-state index in [0.29, 0.717) is 11.3 Å². The van der Waals surface area contributed by atoms with Crippen molar-refractivity contribution in [2.75, 3.05) is 5.32 Å². The van der Waals surface area contributed by atoms with Crippen LogP contribution in [0.25, 0.3) is 16.6 Å². The molecule has 0 aliphatic rings. The number of aromatic nitrogens is 2. The Labute approximate surface area is 143 Å². The molecule has 0 amide bonds. The summed E-state index contributed by atoms with van der Waals surface area (Å²) in [7, 11) is 0. The Morgan fingerprint density at radius 2 is 1.60 bits per heavy atom. The molecule has 2 aromatic carbocycles. The molecule has 0 bridgehead atoms. The highest BCUT2D eigenvalue weighted by molar-refractivity contribution is 5.87. The lowest BCUT2D eigenvalue weighted by molar-refractivity contribution is 0.479. The van der Waals surface area contributed by atoms with Gasteiger partial charge < -0.3 is 10.4 Å². The minimum absolute atomic E-state index is 0.126. The van der Waals surface area contributed by atoms with Crippen LogP contribution in [0.3, 0.4) is 0 Å². The molecule has 0 saturated heterocycles. The number of hydrogen-bond donors (Lipinski definition) is 2. The van der Waals surface area contributed by atoms with Gasteiger partial charge in [0.1, 0.15) is 11.6 Å². The van der Waals surface area contributed by atoms with E-state index < -0.39 is 0 Å². The van der Waals surface area contributed by atoms with E-state index in [4.69, 9.17) is 0 Å². The van der Waals surface area contributed by atoms with Crippen LogP contribution in [0.5, 0.6) is 5.75 Å². The summed E-state index contributed by atoms with van der Waals surface area (Å²) in [6.07, 6.45) is 2.86. The van der Waals surface area contributed by atoms with Crippen molar-refractivity contribution in [3.05, 3.63) is 89.3 Å². The highest BCUT2D eigenvalue weighted by atomic mass is 16.3. The van der Waals surface area contributed by atoms with E-state index in [1.807, 2.05) is 65.2 Å². The van der Waals surface area contributed by atoms with Crippen molar-refractivity contribution in [2.45, 2.75) is 0 Å². The van der Waals surface area contributed by atoms with Gasteiger partial charge in [-0.25, -0.2) is 0 Å². The molecule has 5 nitrogen and oxygen atoms in total. The number of benzene rings is 2. The van der Waals surface area contributed by atoms with Crippen LogP contribution in [0.15, 0.2) is 83.9 Å². The number of anilines is 2. The lowest BCUT2D eigenvalue weighted by atomic mass is 10.2. The van der Waals surface area contributed by atoms with E-state index in [2.05, 4.69) is 10.3 Å². The van der Waals surface area contributed by atoms with E-state index in [1.165, 1.54) is 12.3 Å². The van der Waals surface area contributed by atoms with Gasteiger partial charge in [0.05, 0.1) is 23.3 Å². The van der Waals surface area contributed by atoms with Gasteiger partial charge in [-0.2, -0.15) is 0 Å². The SMILES string of the molecule is O=c1cc(Nc2ccccc2)n(-c2ccccc2)c2cncc(O)c12. The Morgan fingerprint density at radius 3 is 2.32 bits per heavy atom. The van der Waals surface area contributed by atoms with Crippen LogP contribution in [0, 0.1) is 0 Å². The second-order valence-electron chi connectivity index (χ2n) is 5.61. The Kier molecular flexibility index (Phi) is 3.67. The summed E-state index contributed by atoms with van der Waals surface area (Å²) in [6, 6.07) is 20.7. The molecular weight excluding hydrogens is 314 g/mol. The Morgan fingerprint density at radius 1 is 0.920 bits per heavy atom. The van der Waals surface area contributed by atoms with Crippen LogP contribution in [0.2, 0.25) is 0 Å². The largest absolute Gasteiger partial charge is 0.505 e. The molecule has 0 atom stereocenters. The molecular formula is C20H15N3O2. The van der Waals surface area contributed by atoms with Gasteiger partial charge in [-0.05, 0) is 24.3 Å². The summed E-state index contributed by atoms with van der Waals surface area (Å²) >= 11 is 0. The lowest BCUT2D eigenvalue weighted by Gasteiger charge is -2.18. The zero-order chi connectivity index (χ0) is 17.2. The number of rotatable bonds is 3. The number of aromatic hydroxyl groups is 1. The second-order valence-corrected chi connectivity index (χ2v) is 5.61. The Bertz CT molecular complexity index is 1090. The predicted octanol–water partition coefficient (Wildman–Crippen LogP) is 3.83. The summed E-state index contributed by atoms with van der Waals surface area (Å²) in [5.74, 6) is 0.473. The summed E-state index contributed by atoms with van der Waals surface area (Å²) in [6.45, 7) is 0. The second kappa shape index (κ2) is 6.13. The first-order chi connectivity index (χ1) is 12.2. The standard InChI is InChI=1S/C20H15N3O2/c24-17-11-19(22-14-7-3-1-4-8-14)23(15-9-5-2-6-10-15)16-12-21-13-18(25)20(16)17/h1-13,22,25H. The van der Waals surface area contributed by atoms with Gasteiger partial charge in [0.25, 0.3) is 0 Å². The van der Waals surface area contributed by atoms with Crippen LogP contribution < -0.4 is 10.7 Å². The fourth-order valence-corrected chi connectivity index (χ4v) is 2.87. The fourth-order valence-electron chi connectivity index (χ4n) is 2.87. The predicted molar refractivity (Wildman–Crippen MR) is 98.7 cm³/mol. The molecule has 5 heteroatoms. The van der Waals surface area contributed by atoms with Crippen LogP contribution >= 0.6 is 0 Å². The van der Waals surface area contributed by atoms with Gasteiger partial charge in [-0.3, -0.25) is 14.3 Å². The van der Waals surface area contributed by atoms with E-state index in [-0.39, 0.29) is 16.6 Å². The summed E-state index contributed by atoms with van der Waals surface area (Å²) < 4.78 is 1.87. The zero-order valence-corrected chi connectivity index (χ0v) is 13.3. The normalized spacial score (nSPS) is 10.7. The maximum absolute atomic E-state index is 12.6. The van der Waals surface area contributed by atoms with Gasteiger partial charge in [0.15, 0.2) is 5.43 Å². The molecule has 0 aliphatic heterocycles. The molecule has 2 N–H and O–H groups in total. The first kappa shape index (κ1) is 15.0. The van der Waals surface area contributed by atoms with Crippen LogP contribution in [-0.4, -0.2) is 14.7 Å². The molecule has 0 aliphatic carbocycles. The zero-order valence-electron chi connectivity index (χ0n) is 13.3. The van der Waals surface area contributed by atoms with Crippen molar-refractivity contribution in [3.8, 4) is 11.4 Å². The van der Waals surface area contributed by atoms with Crippen molar-refractivity contribution in [3.63, 3.8) is 0 Å². The molecule has 0 fully saturated rings. The van der Waals surface area contributed by atoms with Crippen LogP contribution in [0.1, 0.15) is 0 Å². The van der Waals surface area contributed by atoms with E-state index >= 15 is 0 Å². The molecule has 0 saturated carbocycles. The minimum Gasteiger partial charge on any atom is -0.505 e. The average molecular weight is 329 g/mol. The monoisotopic (exact) mass is 329 g/mol. The molecule has 0 radical (unpaired) electrons. The van der Waals surface area contributed by atoms with Crippen molar-refractivity contribution < 1.29 is 5.11 Å². The number of para-hydroxylation sites is 2. The Balaban J connectivity index is 2.03. The van der Waals surface area contributed by atoms with Crippen molar-refractivity contribution in [1.29, 1.82) is 0 Å². The minimum atomic E-state index is -0.263. The number of hydrogen-bond acceptors (Lipinski definition) is 4. The Hall–Kier alpha value is -3.60. The van der Waals surface area contributed by atoms with Gasteiger partial charge in [0.2, 0.25) is 0 Å². The van der Waals surface area contributed by atoms with Gasteiger partial charge in [-0.15, -0.1) is 0 Å². The van der Waals surface area contributed by atoms with E-state index in [1.54, 1.807) is 6.20 Å². The third-order valence-corrected chi connectivity index (χ3v) is 3.96. The summed E-state index contributed by atoms with van der Waals surface area (Å²) in [5.41, 5.74) is 2.00. The molecule has 0 unspecified atom stereocenters. The molecule has 0 spiro atoms. The quantitative estimate of drug-likeness (QED) is 0.599. The number of nitrogens with one attached hydrogen (secondary N) is 1. The molecule has 25 heavy (non-hydrogen) atoms. The van der Waals surface area contributed by atoms with Gasteiger partial charge in [-0.1, -0.05) is 36.4 Å². The number of nitrogens with zero attached hydrogens (tertiary/aromatic N) is 2. The highest BCUT2D eigenvalue weighted by Crippen LogP contribution is 2.27. The number of pyridine rings is 2. The van der Waals surface area contributed by atoms with E-state index in [0.717, 1.165) is 11.4 Å². The highest BCUT2D eigenvalue weighted by Gasteiger charge is 2.14.